The highest BCUT2D eigenvalue weighted by atomic mass is 35.5. The SMILES string of the molecule is COc1ccccc1N(CC(=O)N(Cc1ccccc1Cl)C(Cc1ccccc1)C(=O)NC1CCCCC1)S(=O)(=O)c1ccccc1. The molecule has 0 heterocycles. The van der Waals surface area contributed by atoms with E-state index >= 15 is 0 Å². The van der Waals surface area contributed by atoms with Crippen molar-refractivity contribution in [2.24, 2.45) is 0 Å². The van der Waals surface area contributed by atoms with Crippen molar-refractivity contribution in [2.75, 3.05) is 18.0 Å². The monoisotopic (exact) mass is 673 g/mol. The van der Waals surface area contributed by atoms with Crippen LogP contribution in [-0.2, 0) is 32.6 Å². The number of halogens is 1. The molecule has 1 aliphatic rings. The minimum atomic E-state index is -4.24. The molecule has 0 saturated heterocycles. The molecule has 1 fully saturated rings. The first-order valence-electron chi connectivity index (χ1n) is 15.9. The van der Waals surface area contributed by atoms with Crippen molar-refractivity contribution in [1.29, 1.82) is 0 Å². The fraction of sp³-hybridized carbons (Fsp3) is 0.297. The van der Waals surface area contributed by atoms with E-state index in [0.717, 1.165) is 42.0 Å². The lowest BCUT2D eigenvalue weighted by atomic mass is 9.94. The molecule has 0 bridgehead atoms. The average molecular weight is 674 g/mol. The lowest BCUT2D eigenvalue weighted by Gasteiger charge is -2.35. The van der Waals surface area contributed by atoms with Gasteiger partial charge in [0.05, 0.1) is 17.7 Å². The van der Waals surface area contributed by atoms with Crippen molar-refractivity contribution in [1.82, 2.24) is 10.2 Å². The normalized spacial score (nSPS) is 14.2. The topological polar surface area (TPSA) is 96.0 Å². The smallest absolute Gasteiger partial charge is 0.264 e. The van der Waals surface area contributed by atoms with Crippen molar-refractivity contribution in [3.8, 4) is 5.75 Å². The molecule has 1 unspecified atom stereocenters. The van der Waals surface area contributed by atoms with Crippen LogP contribution in [0.1, 0.15) is 43.2 Å². The van der Waals surface area contributed by atoms with E-state index in [1.807, 2.05) is 36.4 Å². The largest absolute Gasteiger partial charge is 0.495 e. The van der Waals surface area contributed by atoms with E-state index < -0.39 is 28.5 Å². The number of carbonyl (C=O) groups excluding carboxylic acids is 2. The fourth-order valence-electron chi connectivity index (χ4n) is 5.98. The van der Waals surface area contributed by atoms with Crippen molar-refractivity contribution < 1.29 is 22.7 Å². The summed E-state index contributed by atoms with van der Waals surface area (Å²) in [6, 6.07) is 30.3. The molecule has 1 atom stereocenters. The molecule has 4 aromatic rings. The van der Waals surface area contributed by atoms with Crippen LogP contribution in [0.15, 0.2) is 114 Å². The Morgan fingerprint density at radius 2 is 1.47 bits per heavy atom. The predicted molar refractivity (Wildman–Crippen MR) is 185 cm³/mol. The van der Waals surface area contributed by atoms with Crippen molar-refractivity contribution in [3.05, 3.63) is 125 Å². The van der Waals surface area contributed by atoms with Crippen molar-refractivity contribution >= 4 is 39.1 Å². The maximum Gasteiger partial charge on any atom is 0.264 e. The van der Waals surface area contributed by atoms with Crippen LogP contribution in [0.25, 0.3) is 0 Å². The van der Waals surface area contributed by atoms with Gasteiger partial charge in [-0.15, -0.1) is 0 Å². The number of hydrogen-bond donors (Lipinski definition) is 1. The van der Waals surface area contributed by atoms with Crippen LogP contribution in [0.5, 0.6) is 5.75 Å². The van der Waals surface area contributed by atoms with Gasteiger partial charge >= 0.3 is 0 Å². The molecule has 8 nitrogen and oxygen atoms in total. The zero-order valence-corrected chi connectivity index (χ0v) is 28.0. The summed E-state index contributed by atoms with van der Waals surface area (Å²) in [6.07, 6.45) is 5.17. The number of anilines is 1. The second-order valence-electron chi connectivity index (χ2n) is 11.7. The van der Waals surface area contributed by atoms with Crippen LogP contribution in [0.3, 0.4) is 0 Å². The third-order valence-corrected chi connectivity index (χ3v) is 10.6. The Morgan fingerprint density at radius 1 is 0.851 bits per heavy atom. The minimum Gasteiger partial charge on any atom is -0.495 e. The number of nitrogens with zero attached hydrogens (tertiary/aromatic N) is 2. The van der Waals surface area contributed by atoms with E-state index in [9.17, 15) is 18.0 Å². The Labute approximate surface area is 282 Å². The second kappa shape index (κ2) is 16.0. The van der Waals surface area contributed by atoms with Gasteiger partial charge < -0.3 is 15.0 Å². The van der Waals surface area contributed by atoms with Crippen LogP contribution in [0, 0.1) is 0 Å². The lowest BCUT2D eigenvalue weighted by Crippen LogP contribution is -2.55. The van der Waals surface area contributed by atoms with Gasteiger partial charge in [-0.25, -0.2) is 8.42 Å². The zero-order valence-electron chi connectivity index (χ0n) is 26.4. The highest BCUT2D eigenvalue weighted by molar-refractivity contribution is 7.92. The number of para-hydroxylation sites is 2. The number of nitrogens with one attached hydrogen (secondary N) is 1. The van der Waals surface area contributed by atoms with E-state index in [4.69, 9.17) is 16.3 Å². The number of ether oxygens (including phenoxy) is 1. The molecular weight excluding hydrogens is 634 g/mol. The summed E-state index contributed by atoms with van der Waals surface area (Å²) in [7, 11) is -2.80. The quantitative estimate of drug-likeness (QED) is 0.172. The molecule has 1 N–H and O–H groups in total. The van der Waals surface area contributed by atoms with E-state index in [1.165, 1.54) is 24.1 Å². The van der Waals surface area contributed by atoms with Gasteiger partial charge in [-0.2, -0.15) is 0 Å². The molecule has 4 aromatic carbocycles. The molecule has 0 aliphatic heterocycles. The number of methoxy groups -OCH3 is 1. The molecular formula is C37H40ClN3O5S. The van der Waals surface area contributed by atoms with Gasteiger partial charge in [-0.3, -0.25) is 13.9 Å². The fourth-order valence-corrected chi connectivity index (χ4v) is 7.62. The summed E-state index contributed by atoms with van der Waals surface area (Å²) in [5.41, 5.74) is 1.71. The number of hydrogen-bond acceptors (Lipinski definition) is 5. The van der Waals surface area contributed by atoms with Gasteiger partial charge in [0.15, 0.2) is 0 Å². The summed E-state index contributed by atoms with van der Waals surface area (Å²) in [5.74, 6) is -0.556. The lowest BCUT2D eigenvalue weighted by molar-refractivity contribution is -0.140. The van der Waals surface area contributed by atoms with Crippen LogP contribution >= 0.6 is 11.6 Å². The molecule has 5 rings (SSSR count). The zero-order chi connectivity index (χ0) is 33.2. The third-order valence-electron chi connectivity index (χ3n) is 8.49. The molecule has 246 valence electrons. The number of amides is 2. The second-order valence-corrected chi connectivity index (χ2v) is 13.9. The van der Waals surface area contributed by atoms with Crippen molar-refractivity contribution in [3.63, 3.8) is 0 Å². The van der Waals surface area contributed by atoms with Crippen LogP contribution in [-0.4, -0.2) is 50.9 Å². The number of carbonyl (C=O) groups is 2. The first kappa shape index (κ1) is 34.0. The molecule has 0 spiro atoms. The molecule has 0 radical (unpaired) electrons. The van der Waals surface area contributed by atoms with Gasteiger partial charge in [0.2, 0.25) is 11.8 Å². The molecule has 1 saturated carbocycles. The standard InChI is InChI=1S/C37H40ClN3O5S/c1-46-35-24-14-13-23-33(35)41(47(44,45)31-20-9-4-10-21-31)27-36(42)40(26-29-17-11-12-22-32(29)38)34(25-28-15-5-2-6-16-28)37(43)39-30-18-7-3-8-19-30/h2,4-6,9-17,20-24,30,34H,3,7-8,18-19,25-27H2,1H3,(H,39,43). The summed E-state index contributed by atoms with van der Waals surface area (Å²) >= 11 is 6.61. The molecule has 1 aliphatic carbocycles. The Morgan fingerprint density at radius 3 is 2.15 bits per heavy atom. The van der Waals surface area contributed by atoms with E-state index in [-0.39, 0.29) is 41.2 Å². The molecule has 10 heteroatoms. The molecule has 47 heavy (non-hydrogen) atoms. The van der Waals surface area contributed by atoms with Crippen LogP contribution < -0.4 is 14.4 Å². The summed E-state index contributed by atoms with van der Waals surface area (Å²) in [5, 5.41) is 3.66. The highest BCUT2D eigenvalue weighted by Crippen LogP contribution is 2.33. The Balaban J connectivity index is 1.58. The van der Waals surface area contributed by atoms with E-state index in [1.54, 1.807) is 60.7 Å². The predicted octanol–water partition coefficient (Wildman–Crippen LogP) is 6.63. The van der Waals surface area contributed by atoms with Gasteiger partial charge in [0.1, 0.15) is 18.3 Å². The van der Waals surface area contributed by atoms with E-state index in [0.29, 0.717) is 10.6 Å². The molecule has 0 aromatic heterocycles. The van der Waals surface area contributed by atoms with E-state index in [2.05, 4.69) is 5.32 Å². The first-order valence-corrected chi connectivity index (χ1v) is 17.7. The Hall–Kier alpha value is -4.34. The van der Waals surface area contributed by atoms with Gasteiger partial charge in [0.25, 0.3) is 10.0 Å². The minimum absolute atomic E-state index is 0.000751. The Bertz CT molecular complexity index is 1750. The Kier molecular flexibility index (Phi) is 11.6. The highest BCUT2D eigenvalue weighted by Gasteiger charge is 2.36. The maximum absolute atomic E-state index is 14.7. The summed E-state index contributed by atoms with van der Waals surface area (Å²) in [4.78, 5) is 30.4. The van der Waals surface area contributed by atoms with Gasteiger partial charge in [-0.1, -0.05) is 110 Å². The summed E-state index contributed by atoms with van der Waals surface area (Å²) in [6.45, 7) is -0.580. The van der Waals surface area contributed by atoms with Crippen LogP contribution in [0.2, 0.25) is 5.02 Å². The summed E-state index contributed by atoms with van der Waals surface area (Å²) < 4.78 is 35.1. The average Bonchev–Trinajstić information content (AvgIpc) is 3.10. The molecule has 2 amide bonds. The van der Waals surface area contributed by atoms with Gasteiger partial charge in [-0.05, 0) is 54.3 Å². The number of benzene rings is 4. The number of rotatable bonds is 13. The first-order chi connectivity index (χ1) is 22.8. The van der Waals surface area contributed by atoms with Crippen LogP contribution in [0.4, 0.5) is 5.69 Å². The third kappa shape index (κ3) is 8.53. The maximum atomic E-state index is 14.7. The number of sulfonamides is 1. The van der Waals surface area contributed by atoms with Crippen molar-refractivity contribution in [2.45, 2.75) is 62.0 Å². The van der Waals surface area contributed by atoms with Gasteiger partial charge in [0, 0.05) is 24.0 Å².